The molecular formula is C6H13N2OPS. The van der Waals surface area contributed by atoms with E-state index in [4.69, 9.17) is 12.2 Å². The van der Waals surface area contributed by atoms with Crippen molar-refractivity contribution in [2.75, 3.05) is 20.8 Å². The molecule has 11 heavy (non-hydrogen) atoms. The highest BCUT2D eigenvalue weighted by molar-refractivity contribution is 7.89. The predicted octanol–water partition coefficient (Wildman–Crippen LogP) is 0.214. The molecule has 0 aliphatic heterocycles. The van der Waals surface area contributed by atoms with Crippen LogP contribution in [0.25, 0.3) is 0 Å². The molecule has 0 radical (unpaired) electrons. The van der Waals surface area contributed by atoms with Crippen molar-refractivity contribution >= 4 is 32.0 Å². The second-order valence-electron chi connectivity index (χ2n) is 2.25. The lowest BCUT2D eigenvalue weighted by Crippen LogP contribution is -2.34. The van der Waals surface area contributed by atoms with Crippen molar-refractivity contribution in [3.63, 3.8) is 0 Å². The third kappa shape index (κ3) is 5.24. The van der Waals surface area contributed by atoms with Gasteiger partial charge in [0.25, 0.3) is 0 Å². The van der Waals surface area contributed by atoms with Gasteiger partial charge in [-0.05, 0) is 7.05 Å². The first-order valence-electron chi connectivity index (χ1n) is 3.24. The van der Waals surface area contributed by atoms with Gasteiger partial charge in [0.05, 0.1) is 13.1 Å². The molecule has 0 aliphatic carbocycles. The highest BCUT2D eigenvalue weighted by Crippen LogP contribution is 1.98. The zero-order valence-electron chi connectivity index (χ0n) is 6.76. The van der Waals surface area contributed by atoms with Gasteiger partial charge in [-0.15, -0.1) is 0 Å². The molecule has 0 aliphatic rings. The minimum absolute atomic E-state index is 0.0411. The van der Waals surface area contributed by atoms with Crippen LogP contribution < -0.4 is 5.32 Å². The molecule has 0 saturated carbocycles. The first kappa shape index (κ1) is 11.0. The molecule has 0 bridgehead atoms. The standard InChI is InChI=1S/C6H13N2OPS/c1-7-4-8(2)5(9)3-6(10)11/h7H,3-4,10H2,1-2H3. The molecule has 0 saturated heterocycles. The average molecular weight is 192 g/mol. The van der Waals surface area contributed by atoms with E-state index in [-0.39, 0.29) is 5.91 Å². The zero-order valence-corrected chi connectivity index (χ0v) is 8.73. The number of thiocarbonyl (C=S) groups is 1. The Bertz CT molecular complexity index is 163. The van der Waals surface area contributed by atoms with Crippen molar-refractivity contribution in [1.29, 1.82) is 0 Å². The van der Waals surface area contributed by atoms with Gasteiger partial charge in [0.15, 0.2) is 0 Å². The van der Waals surface area contributed by atoms with Crippen molar-refractivity contribution < 1.29 is 4.79 Å². The van der Waals surface area contributed by atoms with Gasteiger partial charge in [0, 0.05) is 11.7 Å². The maximum atomic E-state index is 11.1. The summed E-state index contributed by atoms with van der Waals surface area (Å²) in [5.74, 6) is 0.0411. The Morgan fingerprint density at radius 1 is 1.73 bits per heavy atom. The molecule has 0 aromatic rings. The van der Waals surface area contributed by atoms with E-state index < -0.39 is 0 Å². The summed E-state index contributed by atoms with van der Waals surface area (Å²) >= 11 is 4.77. The van der Waals surface area contributed by atoms with Gasteiger partial charge in [-0.25, -0.2) is 0 Å². The quantitative estimate of drug-likeness (QED) is 0.393. The van der Waals surface area contributed by atoms with Gasteiger partial charge in [0.2, 0.25) is 5.91 Å². The Labute approximate surface area is 74.7 Å². The molecule has 0 aromatic carbocycles. The molecule has 0 fully saturated rings. The van der Waals surface area contributed by atoms with Crippen LogP contribution in [0.2, 0.25) is 0 Å². The number of amides is 1. The van der Waals surface area contributed by atoms with Crippen LogP contribution in [0, 0.1) is 0 Å². The minimum Gasteiger partial charge on any atom is -0.333 e. The molecule has 1 unspecified atom stereocenters. The van der Waals surface area contributed by atoms with Crippen LogP contribution in [-0.2, 0) is 4.79 Å². The molecule has 1 N–H and O–H groups in total. The summed E-state index contributed by atoms with van der Waals surface area (Å²) in [6.07, 6.45) is 0.332. The lowest BCUT2D eigenvalue weighted by atomic mass is 10.4. The molecule has 3 nitrogen and oxygen atoms in total. The van der Waals surface area contributed by atoms with Crippen LogP contribution in [0.4, 0.5) is 0 Å². The number of hydrogen-bond acceptors (Lipinski definition) is 3. The molecule has 0 rings (SSSR count). The van der Waals surface area contributed by atoms with Gasteiger partial charge in [-0.2, -0.15) is 0 Å². The van der Waals surface area contributed by atoms with Crippen LogP contribution in [0.5, 0.6) is 0 Å². The zero-order chi connectivity index (χ0) is 8.85. The van der Waals surface area contributed by atoms with Crippen LogP contribution in [0.15, 0.2) is 0 Å². The van der Waals surface area contributed by atoms with Crippen molar-refractivity contribution in [3.05, 3.63) is 0 Å². The highest BCUT2D eigenvalue weighted by atomic mass is 32.1. The molecule has 0 aromatic heterocycles. The average Bonchev–Trinajstić information content (AvgIpc) is 1.86. The summed E-state index contributed by atoms with van der Waals surface area (Å²) in [4.78, 5) is 12.7. The number of rotatable bonds is 4. The van der Waals surface area contributed by atoms with Crippen LogP contribution in [0.3, 0.4) is 0 Å². The highest BCUT2D eigenvalue weighted by Gasteiger charge is 2.07. The number of carbonyl (C=O) groups excluding carboxylic acids is 1. The lowest BCUT2D eigenvalue weighted by molar-refractivity contribution is -0.128. The van der Waals surface area contributed by atoms with Gasteiger partial charge in [-0.1, -0.05) is 21.5 Å². The van der Waals surface area contributed by atoms with E-state index in [9.17, 15) is 4.79 Å². The largest absolute Gasteiger partial charge is 0.333 e. The molecule has 0 spiro atoms. The molecule has 0 heterocycles. The third-order valence-corrected chi connectivity index (χ3v) is 1.49. The Balaban J connectivity index is 3.73. The van der Waals surface area contributed by atoms with Crippen molar-refractivity contribution in [2.45, 2.75) is 6.42 Å². The molecular weight excluding hydrogens is 179 g/mol. The number of carbonyl (C=O) groups is 1. The monoisotopic (exact) mass is 192 g/mol. The Morgan fingerprint density at radius 2 is 2.27 bits per heavy atom. The van der Waals surface area contributed by atoms with E-state index >= 15 is 0 Å². The number of hydrogen-bond donors (Lipinski definition) is 1. The fraction of sp³-hybridized carbons (Fsp3) is 0.667. The fourth-order valence-electron chi connectivity index (χ4n) is 0.609. The van der Waals surface area contributed by atoms with Crippen molar-refractivity contribution in [1.82, 2.24) is 10.2 Å². The first-order chi connectivity index (χ1) is 5.07. The summed E-state index contributed by atoms with van der Waals surface area (Å²) in [5.41, 5.74) is 0. The summed E-state index contributed by atoms with van der Waals surface area (Å²) in [6.45, 7) is 0.562. The predicted molar refractivity (Wildman–Crippen MR) is 53.6 cm³/mol. The normalized spacial score (nSPS) is 9.36. The SMILES string of the molecule is CNCN(C)C(=O)CC(P)=S. The van der Waals surface area contributed by atoms with Crippen LogP contribution >= 0.6 is 21.5 Å². The van der Waals surface area contributed by atoms with E-state index in [1.165, 1.54) is 0 Å². The van der Waals surface area contributed by atoms with E-state index in [2.05, 4.69) is 14.6 Å². The number of nitrogens with zero attached hydrogens (tertiary/aromatic N) is 1. The summed E-state index contributed by atoms with van der Waals surface area (Å²) in [7, 11) is 5.88. The molecule has 1 atom stereocenters. The Morgan fingerprint density at radius 3 is 2.64 bits per heavy atom. The third-order valence-electron chi connectivity index (χ3n) is 1.15. The second-order valence-corrected chi connectivity index (χ2v) is 3.89. The molecule has 64 valence electrons. The van der Waals surface area contributed by atoms with Crippen LogP contribution in [-0.4, -0.2) is 36.2 Å². The van der Waals surface area contributed by atoms with Crippen molar-refractivity contribution in [2.24, 2.45) is 0 Å². The van der Waals surface area contributed by atoms with Gasteiger partial charge < -0.3 is 10.2 Å². The summed E-state index contributed by atoms with van der Waals surface area (Å²) < 4.78 is 0.651. The van der Waals surface area contributed by atoms with E-state index in [0.717, 1.165) is 0 Å². The van der Waals surface area contributed by atoms with E-state index in [0.29, 0.717) is 17.7 Å². The second kappa shape index (κ2) is 5.58. The van der Waals surface area contributed by atoms with Gasteiger partial charge in [-0.3, -0.25) is 4.79 Å². The van der Waals surface area contributed by atoms with E-state index in [1.807, 2.05) is 0 Å². The lowest BCUT2D eigenvalue weighted by Gasteiger charge is -2.15. The fourth-order valence-corrected chi connectivity index (χ4v) is 0.907. The first-order valence-corrected chi connectivity index (χ1v) is 4.23. The van der Waals surface area contributed by atoms with E-state index in [1.54, 1.807) is 19.0 Å². The summed E-state index contributed by atoms with van der Waals surface area (Å²) in [6, 6.07) is 0. The Kier molecular flexibility index (Phi) is 5.56. The molecule has 5 heteroatoms. The smallest absolute Gasteiger partial charge is 0.228 e. The maximum absolute atomic E-state index is 11.1. The van der Waals surface area contributed by atoms with Gasteiger partial charge in [0.1, 0.15) is 0 Å². The van der Waals surface area contributed by atoms with Crippen LogP contribution in [0.1, 0.15) is 6.42 Å². The van der Waals surface area contributed by atoms with Gasteiger partial charge >= 0.3 is 0 Å². The maximum Gasteiger partial charge on any atom is 0.228 e. The topological polar surface area (TPSA) is 32.3 Å². The minimum atomic E-state index is 0.0411. The Hall–Kier alpha value is -0.0500. The van der Waals surface area contributed by atoms with Crippen molar-refractivity contribution in [3.8, 4) is 0 Å². The number of nitrogens with one attached hydrogen (secondary N) is 1. The molecule has 1 amide bonds. The summed E-state index contributed by atoms with van der Waals surface area (Å²) in [5, 5.41) is 2.88.